The highest BCUT2D eigenvalue weighted by molar-refractivity contribution is 14.0. The molecule has 2 aliphatic rings. The maximum absolute atomic E-state index is 13.2. The SMILES string of the molecule is CCC1(CNC(=NC)NCc2ccccc2S(=O)(=O)N2CCN(C)CC2)CCCC1.I. The average Bonchev–Trinajstić information content (AvgIpc) is 3.24. The molecule has 0 bridgehead atoms. The maximum Gasteiger partial charge on any atom is 0.243 e. The number of sulfonamides is 1. The lowest BCUT2D eigenvalue weighted by Gasteiger charge is -2.32. The molecule has 9 heteroatoms. The minimum absolute atomic E-state index is 0. The van der Waals surface area contributed by atoms with Crippen LogP contribution in [0.2, 0.25) is 0 Å². The lowest BCUT2D eigenvalue weighted by atomic mass is 9.83. The second-order valence-corrected chi connectivity index (χ2v) is 10.6. The summed E-state index contributed by atoms with van der Waals surface area (Å²) in [5, 5.41) is 6.79. The Hall–Kier alpha value is -0.910. The van der Waals surface area contributed by atoms with Crippen molar-refractivity contribution in [2.45, 2.75) is 50.5 Å². The number of nitrogens with one attached hydrogen (secondary N) is 2. The summed E-state index contributed by atoms with van der Waals surface area (Å²) in [6, 6.07) is 7.28. The summed E-state index contributed by atoms with van der Waals surface area (Å²) in [7, 11) is 0.278. The first-order valence-corrected chi connectivity index (χ1v) is 12.6. The van der Waals surface area contributed by atoms with Crippen LogP contribution in [0.25, 0.3) is 0 Å². The van der Waals surface area contributed by atoms with Gasteiger partial charge in [0, 0.05) is 46.3 Å². The Balaban J connectivity index is 0.00000341. The summed E-state index contributed by atoms with van der Waals surface area (Å²) < 4.78 is 28.1. The zero-order valence-corrected chi connectivity index (χ0v) is 22.2. The quantitative estimate of drug-likeness (QED) is 0.303. The normalized spacial score (nSPS) is 20.3. The molecular weight excluding hydrogens is 525 g/mol. The predicted molar refractivity (Wildman–Crippen MR) is 138 cm³/mol. The van der Waals surface area contributed by atoms with E-state index in [1.807, 2.05) is 19.2 Å². The molecular formula is C22H38IN5O2S. The molecule has 1 heterocycles. The van der Waals surface area contributed by atoms with E-state index in [0.29, 0.717) is 29.9 Å². The summed E-state index contributed by atoms with van der Waals surface area (Å²) in [5.41, 5.74) is 1.13. The van der Waals surface area contributed by atoms with Gasteiger partial charge in [-0.15, -0.1) is 24.0 Å². The molecule has 31 heavy (non-hydrogen) atoms. The smallest absolute Gasteiger partial charge is 0.243 e. The minimum Gasteiger partial charge on any atom is -0.356 e. The second kappa shape index (κ2) is 11.8. The molecule has 2 fully saturated rings. The molecule has 0 spiro atoms. The number of piperazine rings is 1. The molecule has 0 aromatic heterocycles. The van der Waals surface area contributed by atoms with Gasteiger partial charge in [0.05, 0.1) is 4.90 Å². The third kappa shape index (κ3) is 6.55. The molecule has 1 aromatic rings. The number of benzene rings is 1. The van der Waals surface area contributed by atoms with E-state index in [9.17, 15) is 8.42 Å². The Bertz CT molecular complexity index is 832. The second-order valence-electron chi connectivity index (χ2n) is 8.66. The number of hydrogen-bond acceptors (Lipinski definition) is 4. The lowest BCUT2D eigenvalue weighted by Crippen LogP contribution is -2.47. The highest BCUT2D eigenvalue weighted by atomic mass is 127. The van der Waals surface area contributed by atoms with Gasteiger partial charge in [0.2, 0.25) is 10.0 Å². The van der Waals surface area contributed by atoms with Crippen LogP contribution in [0.3, 0.4) is 0 Å². The first-order chi connectivity index (χ1) is 14.4. The third-order valence-corrected chi connectivity index (χ3v) is 8.77. The van der Waals surface area contributed by atoms with E-state index in [4.69, 9.17) is 0 Å². The molecule has 1 aromatic carbocycles. The molecule has 2 N–H and O–H groups in total. The monoisotopic (exact) mass is 563 g/mol. The van der Waals surface area contributed by atoms with E-state index in [1.54, 1.807) is 23.5 Å². The van der Waals surface area contributed by atoms with E-state index in [-0.39, 0.29) is 24.0 Å². The van der Waals surface area contributed by atoms with E-state index in [1.165, 1.54) is 32.1 Å². The number of halogens is 1. The number of aliphatic imine (C=N–C) groups is 1. The van der Waals surface area contributed by atoms with E-state index in [2.05, 4.69) is 27.4 Å². The number of guanidine groups is 1. The molecule has 3 rings (SSSR count). The fourth-order valence-electron chi connectivity index (χ4n) is 4.52. The lowest BCUT2D eigenvalue weighted by molar-refractivity contribution is 0.222. The minimum atomic E-state index is -3.50. The highest BCUT2D eigenvalue weighted by Gasteiger charge is 2.32. The van der Waals surface area contributed by atoms with Gasteiger partial charge in [0.1, 0.15) is 0 Å². The fraction of sp³-hybridized carbons (Fsp3) is 0.682. The molecule has 1 saturated heterocycles. The molecule has 1 aliphatic carbocycles. The first kappa shape index (κ1) is 26.3. The van der Waals surface area contributed by atoms with Crippen molar-refractivity contribution in [1.29, 1.82) is 0 Å². The summed E-state index contributed by atoms with van der Waals surface area (Å²) >= 11 is 0. The van der Waals surface area contributed by atoms with Crippen LogP contribution in [0.1, 0.15) is 44.6 Å². The van der Waals surface area contributed by atoms with Crippen LogP contribution in [0.4, 0.5) is 0 Å². The van der Waals surface area contributed by atoms with Gasteiger partial charge in [0.15, 0.2) is 5.96 Å². The van der Waals surface area contributed by atoms with Gasteiger partial charge in [-0.25, -0.2) is 8.42 Å². The molecule has 7 nitrogen and oxygen atoms in total. The van der Waals surface area contributed by atoms with Gasteiger partial charge in [-0.1, -0.05) is 38.0 Å². The van der Waals surface area contributed by atoms with Crippen molar-refractivity contribution < 1.29 is 8.42 Å². The van der Waals surface area contributed by atoms with Crippen LogP contribution in [0.5, 0.6) is 0 Å². The van der Waals surface area contributed by atoms with Gasteiger partial charge < -0.3 is 15.5 Å². The van der Waals surface area contributed by atoms with Gasteiger partial charge in [-0.2, -0.15) is 4.31 Å². The molecule has 1 saturated carbocycles. The van der Waals surface area contributed by atoms with Crippen molar-refractivity contribution in [1.82, 2.24) is 19.8 Å². The highest BCUT2D eigenvalue weighted by Crippen LogP contribution is 2.40. The van der Waals surface area contributed by atoms with Crippen LogP contribution >= 0.6 is 24.0 Å². The topological polar surface area (TPSA) is 77.0 Å². The maximum atomic E-state index is 13.2. The van der Waals surface area contributed by atoms with Gasteiger partial charge in [0.25, 0.3) is 0 Å². The third-order valence-electron chi connectivity index (χ3n) is 6.77. The zero-order chi connectivity index (χ0) is 21.6. The molecule has 0 atom stereocenters. The van der Waals surface area contributed by atoms with E-state index < -0.39 is 10.0 Å². The Kier molecular flexibility index (Phi) is 10.0. The van der Waals surface area contributed by atoms with Crippen molar-refractivity contribution in [3.63, 3.8) is 0 Å². The Morgan fingerprint density at radius 2 is 1.74 bits per heavy atom. The Labute approximate surface area is 205 Å². The van der Waals surface area contributed by atoms with Crippen LogP contribution in [-0.2, 0) is 16.6 Å². The number of rotatable bonds is 7. The van der Waals surface area contributed by atoms with Crippen molar-refractivity contribution in [2.75, 3.05) is 46.8 Å². The van der Waals surface area contributed by atoms with Crippen molar-refractivity contribution in [3.05, 3.63) is 29.8 Å². The summed E-state index contributed by atoms with van der Waals surface area (Å²) in [5.74, 6) is 0.724. The standard InChI is InChI=1S/C22H37N5O2S.HI/c1-4-22(11-7-8-12-22)18-25-21(23-2)24-17-19-9-5-6-10-20(19)30(28,29)27-15-13-26(3)14-16-27;/h5-6,9-10H,4,7-8,11-18H2,1-3H3,(H2,23,24,25);1H. The van der Waals surface area contributed by atoms with Gasteiger partial charge in [-0.3, -0.25) is 4.99 Å². The molecule has 0 radical (unpaired) electrons. The summed E-state index contributed by atoms with van der Waals surface area (Å²) in [4.78, 5) is 6.89. The average molecular weight is 564 g/mol. The van der Waals surface area contributed by atoms with Crippen LogP contribution < -0.4 is 10.6 Å². The molecule has 176 valence electrons. The predicted octanol–water partition coefficient (Wildman–Crippen LogP) is 2.88. The molecule has 0 unspecified atom stereocenters. The van der Waals surface area contributed by atoms with Crippen molar-refractivity contribution in [2.24, 2.45) is 10.4 Å². The van der Waals surface area contributed by atoms with Crippen LogP contribution in [0, 0.1) is 5.41 Å². The van der Waals surface area contributed by atoms with Crippen molar-refractivity contribution in [3.8, 4) is 0 Å². The fourth-order valence-corrected chi connectivity index (χ4v) is 6.16. The Morgan fingerprint density at radius 1 is 1.10 bits per heavy atom. The summed E-state index contributed by atoms with van der Waals surface area (Å²) in [6.45, 7) is 6.17. The number of likely N-dealkylation sites (N-methyl/N-ethyl adjacent to an activating group) is 1. The molecule has 0 amide bonds. The van der Waals surface area contributed by atoms with E-state index in [0.717, 1.165) is 31.2 Å². The molecule has 1 aliphatic heterocycles. The zero-order valence-electron chi connectivity index (χ0n) is 19.1. The number of nitrogens with zero attached hydrogens (tertiary/aromatic N) is 3. The summed E-state index contributed by atoms with van der Waals surface area (Å²) in [6.07, 6.45) is 6.31. The largest absolute Gasteiger partial charge is 0.356 e. The van der Waals surface area contributed by atoms with Gasteiger partial charge in [-0.05, 0) is 43.4 Å². The van der Waals surface area contributed by atoms with Crippen molar-refractivity contribution >= 4 is 40.0 Å². The van der Waals surface area contributed by atoms with E-state index >= 15 is 0 Å². The van der Waals surface area contributed by atoms with Crippen LogP contribution in [0.15, 0.2) is 34.2 Å². The van der Waals surface area contributed by atoms with Gasteiger partial charge >= 0.3 is 0 Å². The Morgan fingerprint density at radius 3 is 2.35 bits per heavy atom. The van der Waals surface area contributed by atoms with Crippen LogP contribution in [-0.4, -0.2) is 70.4 Å². The number of hydrogen-bond donors (Lipinski definition) is 2. The first-order valence-electron chi connectivity index (χ1n) is 11.1.